The minimum atomic E-state index is -0.397. The summed E-state index contributed by atoms with van der Waals surface area (Å²) in [5, 5.41) is 0. The van der Waals surface area contributed by atoms with Gasteiger partial charge in [0.15, 0.2) is 0 Å². The molecule has 0 aliphatic carbocycles. The van der Waals surface area contributed by atoms with Crippen LogP contribution in [0.1, 0.15) is 12.0 Å². The second-order valence-electron chi connectivity index (χ2n) is 4.03. The monoisotopic (exact) mass is 238 g/mol. The molecule has 4 nitrogen and oxygen atoms in total. The Bertz CT molecular complexity index is 411. The molecule has 92 valence electrons. The molecule has 2 N–H and O–H groups in total. The third kappa shape index (κ3) is 2.55. The van der Waals surface area contributed by atoms with Gasteiger partial charge in [-0.3, -0.25) is 4.90 Å². The highest BCUT2D eigenvalue weighted by atomic mass is 19.1. The number of hydrogen-bond donors (Lipinski definition) is 1. The SMILES string of the molecule is NCCC1COC(=O)N1Cc1ccccc1F. The summed E-state index contributed by atoms with van der Waals surface area (Å²) in [5.41, 5.74) is 5.97. The molecule has 1 unspecified atom stereocenters. The minimum Gasteiger partial charge on any atom is -0.447 e. The highest BCUT2D eigenvalue weighted by Crippen LogP contribution is 2.19. The van der Waals surface area contributed by atoms with Gasteiger partial charge >= 0.3 is 6.09 Å². The summed E-state index contributed by atoms with van der Waals surface area (Å²) in [4.78, 5) is 13.0. The van der Waals surface area contributed by atoms with Crippen LogP contribution in [0.2, 0.25) is 0 Å². The van der Waals surface area contributed by atoms with E-state index in [1.165, 1.54) is 11.0 Å². The van der Waals surface area contributed by atoms with Crippen LogP contribution in [0.5, 0.6) is 0 Å². The molecule has 0 bridgehead atoms. The van der Waals surface area contributed by atoms with Crippen LogP contribution in [-0.4, -0.2) is 30.2 Å². The lowest BCUT2D eigenvalue weighted by molar-refractivity contribution is 0.155. The van der Waals surface area contributed by atoms with Crippen LogP contribution >= 0.6 is 0 Å². The van der Waals surface area contributed by atoms with Crippen LogP contribution in [0.15, 0.2) is 24.3 Å². The van der Waals surface area contributed by atoms with Crippen LogP contribution in [0.25, 0.3) is 0 Å². The zero-order valence-electron chi connectivity index (χ0n) is 9.43. The number of halogens is 1. The van der Waals surface area contributed by atoms with Gasteiger partial charge < -0.3 is 10.5 Å². The van der Waals surface area contributed by atoms with Crippen LogP contribution in [0, 0.1) is 5.82 Å². The third-order valence-corrected chi connectivity index (χ3v) is 2.87. The number of cyclic esters (lactones) is 1. The summed E-state index contributed by atoms with van der Waals surface area (Å²) < 4.78 is 18.4. The van der Waals surface area contributed by atoms with Gasteiger partial charge in [0.05, 0.1) is 12.6 Å². The van der Waals surface area contributed by atoms with Gasteiger partial charge in [-0.2, -0.15) is 0 Å². The molecule has 1 saturated heterocycles. The van der Waals surface area contributed by atoms with E-state index in [0.717, 1.165) is 0 Å². The van der Waals surface area contributed by atoms with E-state index in [0.29, 0.717) is 25.1 Å². The lowest BCUT2D eigenvalue weighted by Gasteiger charge is -2.21. The Hall–Kier alpha value is -1.62. The molecule has 0 spiro atoms. The van der Waals surface area contributed by atoms with Gasteiger partial charge in [0.1, 0.15) is 12.4 Å². The largest absolute Gasteiger partial charge is 0.447 e. The highest BCUT2D eigenvalue weighted by molar-refractivity contribution is 5.70. The Morgan fingerprint density at radius 1 is 1.47 bits per heavy atom. The van der Waals surface area contributed by atoms with E-state index in [-0.39, 0.29) is 18.4 Å². The molecule has 1 aromatic rings. The second-order valence-corrected chi connectivity index (χ2v) is 4.03. The Kier molecular flexibility index (Phi) is 3.58. The first kappa shape index (κ1) is 11.9. The van der Waals surface area contributed by atoms with Crippen molar-refractivity contribution in [1.82, 2.24) is 4.90 Å². The maximum absolute atomic E-state index is 13.5. The van der Waals surface area contributed by atoms with Gasteiger partial charge in [0.25, 0.3) is 0 Å². The minimum absolute atomic E-state index is 0.0490. The first-order valence-corrected chi connectivity index (χ1v) is 5.59. The second kappa shape index (κ2) is 5.14. The first-order chi connectivity index (χ1) is 8.22. The first-order valence-electron chi connectivity index (χ1n) is 5.59. The average Bonchev–Trinajstić information content (AvgIpc) is 2.65. The molecule has 1 aromatic carbocycles. The van der Waals surface area contributed by atoms with Gasteiger partial charge in [-0.1, -0.05) is 18.2 Å². The fraction of sp³-hybridized carbons (Fsp3) is 0.417. The van der Waals surface area contributed by atoms with Crippen LogP contribution in [0.3, 0.4) is 0 Å². The Labute approximate surface area is 99.2 Å². The van der Waals surface area contributed by atoms with Crippen LogP contribution in [-0.2, 0) is 11.3 Å². The lowest BCUT2D eigenvalue weighted by Crippen LogP contribution is -2.34. The molecular formula is C12H15FN2O2. The summed E-state index contributed by atoms with van der Waals surface area (Å²) >= 11 is 0. The molecule has 1 amide bonds. The summed E-state index contributed by atoms with van der Waals surface area (Å²) in [7, 11) is 0. The molecule has 17 heavy (non-hydrogen) atoms. The molecule has 5 heteroatoms. The standard InChI is InChI=1S/C12H15FN2O2/c13-11-4-2-1-3-9(11)7-15-10(5-6-14)8-17-12(15)16/h1-4,10H,5-8,14H2. The quantitative estimate of drug-likeness (QED) is 0.864. The molecular weight excluding hydrogens is 223 g/mol. The maximum atomic E-state index is 13.5. The number of amides is 1. The van der Waals surface area contributed by atoms with Crippen molar-refractivity contribution in [1.29, 1.82) is 0 Å². The summed E-state index contributed by atoms with van der Waals surface area (Å²) in [6.45, 7) is 1.05. The van der Waals surface area contributed by atoms with E-state index in [4.69, 9.17) is 10.5 Å². The van der Waals surface area contributed by atoms with E-state index < -0.39 is 6.09 Å². The van der Waals surface area contributed by atoms with Gasteiger partial charge in [0, 0.05) is 5.56 Å². The van der Waals surface area contributed by atoms with E-state index in [1.54, 1.807) is 18.2 Å². The van der Waals surface area contributed by atoms with Crippen LogP contribution < -0.4 is 5.73 Å². The number of ether oxygens (including phenoxy) is 1. The van der Waals surface area contributed by atoms with Crippen molar-refractivity contribution in [2.24, 2.45) is 5.73 Å². The summed E-state index contributed by atoms with van der Waals surface area (Å²) in [6.07, 6.45) is 0.270. The Morgan fingerprint density at radius 3 is 2.94 bits per heavy atom. The normalized spacial score (nSPS) is 19.5. The zero-order chi connectivity index (χ0) is 12.3. The number of benzene rings is 1. The fourth-order valence-corrected chi connectivity index (χ4v) is 1.92. The van der Waals surface area contributed by atoms with Gasteiger partial charge in [-0.25, -0.2) is 9.18 Å². The topological polar surface area (TPSA) is 55.6 Å². The van der Waals surface area contributed by atoms with Crippen molar-refractivity contribution in [2.45, 2.75) is 19.0 Å². The van der Waals surface area contributed by atoms with E-state index in [9.17, 15) is 9.18 Å². The maximum Gasteiger partial charge on any atom is 0.410 e. The molecule has 1 atom stereocenters. The van der Waals surface area contributed by atoms with Gasteiger partial charge in [-0.15, -0.1) is 0 Å². The molecule has 2 rings (SSSR count). The number of carbonyl (C=O) groups excluding carboxylic acids is 1. The highest BCUT2D eigenvalue weighted by Gasteiger charge is 2.32. The van der Waals surface area contributed by atoms with Crippen molar-refractivity contribution in [3.05, 3.63) is 35.6 Å². The molecule has 0 saturated carbocycles. The van der Waals surface area contributed by atoms with Crippen molar-refractivity contribution in [3.8, 4) is 0 Å². The van der Waals surface area contributed by atoms with E-state index >= 15 is 0 Å². The smallest absolute Gasteiger partial charge is 0.410 e. The average molecular weight is 238 g/mol. The number of hydrogen-bond acceptors (Lipinski definition) is 3. The van der Waals surface area contributed by atoms with E-state index in [2.05, 4.69) is 0 Å². The summed E-state index contributed by atoms with van der Waals surface area (Å²) in [6, 6.07) is 6.37. The number of nitrogens with zero attached hydrogens (tertiary/aromatic N) is 1. The van der Waals surface area contributed by atoms with Crippen molar-refractivity contribution in [3.63, 3.8) is 0 Å². The Balaban J connectivity index is 2.11. The predicted molar refractivity (Wildman–Crippen MR) is 60.8 cm³/mol. The molecule has 0 radical (unpaired) electrons. The lowest BCUT2D eigenvalue weighted by atomic mass is 10.1. The third-order valence-electron chi connectivity index (χ3n) is 2.87. The van der Waals surface area contributed by atoms with E-state index in [1.807, 2.05) is 0 Å². The molecule has 0 aromatic heterocycles. The predicted octanol–water partition coefficient (Wildman–Crippen LogP) is 1.50. The molecule has 1 aliphatic rings. The number of carbonyl (C=O) groups is 1. The van der Waals surface area contributed by atoms with Gasteiger partial charge in [-0.05, 0) is 19.0 Å². The molecule has 1 heterocycles. The van der Waals surface area contributed by atoms with Crippen LogP contribution in [0.4, 0.5) is 9.18 Å². The van der Waals surface area contributed by atoms with Crippen molar-refractivity contribution in [2.75, 3.05) is 13.2 Å². The van der Waals surface area contributed by atoms with Gasteiger partial charge in [0.2, 0.25) is 0 Å². The fourth-order valence-electron chi connectivity index (χ4n) is 1.92. The van der Waals surface area contributed by atoms with Crippen molar-refractivity contribution >= 4 is 6.09 Å². The molecule has 1 aliphatic heterocycles. The molecule has 1 fully saturated rings. The Morgan fingerprint density at radius 2 is 2.24 bits per heavy atom. The van der Waals surface area contributed by atoms with Crippen molar-refractivity contribution < 1.29 is 13.9 Å². The zero-order valence-corrected chi connectivity index (χ0v) is 9.43. The number of nitrogens with two attached hydrogens (primary N) is 1. The summed E-state index contributed by atoms with van der Waals surface area (Å²) in [5.74, 6) is -0.307. The number of rotatable bonds is 4.